The normalized spacial score (nSPS) is 12.2. The maximum absolute atomic E-state index is 13.0. The molecule has 0 bridgehead atoms. The van der Waals surface area contributed by atoms with Gasteiger partial charge in [-0.3, -0.25) is 0 Å². The van der Waals surface area contributed by atoms with Crippen LogP contribution in [0, 0.1) is 0 Å². The van der Waals surface area contributed by atoms with Gasteiger partial charge in [-0.25, -0.2) is 0 Å². The molecule has 0 aliphatic heterocycles. The fourth-order valence-corrected chi connectivity index (χ4v) is 3.52. The van der Waals surface area contributed by atoms with Crippen LogP contribution in [0.1, 0.15) is 24.0 Å². The van der Waals surface area contributed by atoms with Gasteiger partial charge < -0.3 is 0 Å². The van der Waals surface area contributed by atoms with Crippen molar-refractivity contribution in [2.75, 3.05) is 14.1 Å². The van der Waals surface area contributed by atoms with Crippen LogP contribution in [-0.4, -0.2) is 82.2 Å². The van der Waals surface area contributed by atoms with Gasteiger partial charge in [0, 0.05) is 0 Å². The van der Waals surface area contributed by atoms with Gasteiger partial charge in [-0.1, -0.05) is 0 Å². The van der Waals surface area contributed by atoms with E-state index in [-0.39, 0.29) is 5.57 Å². The summed E-state index contributed by atoms with van der Waals surface area (Å²) in [6, 6.07) is 19.5. The van der Waals surface area contributed by atoms with Crippen molar-refractivity contribution in [2.24, 2.45) is 0 Å². The van der Waals surface area contributed by atoms with Gasteiger partial charge in [0.2, 0.25) is 0 Å². The molecule has 1 aliphatic rings. The second kappa shape index (κ2) is 11.2. The molecule has 2 aromatic rings. The molecular formula is C23H25N5O2Se2. The van der Waals surface area contributed by atoms with E-state index in [1.54, 1.807) is 24.1 Å². The van der Waals surface area contributed by atoms with Crippen molar-refractivity contribution >= 4 is 52.0 Å². The fraction of sp³-hybridized carbons (Fsp3) is 0.217. The van der Waals surface area contributed by atoms with E-state index in [9.17, 15) is 9.59 Å². The number of nitrogens with zero attached hydrogens (tertiary/aromatic N) is 2. The molecule has 3 N–H and O–H groups in total. The zero-order valence-corrected chi connectivity index (χ0v) is 21.3. The summed E-state index contributed by atoms with van der Waals surface area (Å²) < 4.78 is 1.46. The Bertz CT molecular complexity index is 950. The molecule has 0 spiro atoms. The molecule has 1 aliphatic carbocycles. The molecule has 9 heteroatoms. The van der Waals surface area contributed by atoms with Gasteiger partial charge in [0.05, 0.1) is 0 Å². The summed E-state index contributed by atoms with van der Waals surface area (Å²) in [6.07, 6.45) is 3.55. The van der Waals surface area contributed by atoms with Crippen molar-refractivity contribution in [3.63, 3.8) is 0 Å². The van der Waals surface area contributed by atoms with Crippen LogP contribution >= 0.6 is 0 Å². The Morgan fingerprint density at radius 1 is 0.812 bits per heavy atom. The second-order valence-corrected chi connectivity index (χ2v) is 8.96. The van der Waals surface area contributed by atoms with Gasteiger partial charge in [-0.05, 0) is 0 Å². The topological polar surface area (TPSA) is 76.7 Å². The summed E-state index contributed by atoms with van der Waals surface area (Å²) in [5.41, 5.74) is 7.35. The van der Waals surface area contributed by atoms with Crippen LogP contribution in [-0.2, 0) is 9.59 Å². The summed E-state index contributed by atoms with van der Waals surface area (Å²) in [7, 11) is 3.43. The van der Waals surface area contributed by atoms with Gasteiger partial charge in [-0.15, -0.1) is 0 Å². The minimum atomic E-state index is -0.517. The van der Waals surface area contributed by atoms with Gasteiger partial charge >= 0.3 is 204 Å². The number of nitrogens with one attached hydrogen (secondary N) is 3. The van der Waals surface area contributed by atoms with Crippen molar-refractivity contribution in [1.82, 2.24) is 26.2 Å². The zero-order valence-electron chi connectivity index (χ0n) is 17.9. The molecule has 7 nitrogen and oxygen atoms in total. The fourth-order valence-electron chi connectivity index (χ4n) is 2.76. The number of carbonyl (C=O) groups excluding carboxylic acids is 2. The molecule has 0 unspecified atom stereocenters. The first-order valence-electron chi connectivity index (χ1n) is 10.1. The molecule has 32 heavy (non-hydrogen) atoms. The minimum absolute atomic E-state index is 0.0164. The van der Waals surface area contributed by atoms with Crippen molar-refractivity contribution in [3.05, 3.63) is 83.6 Å². The molecule has 3 rings (SSSR count). The van der Waals surface area contributed by atoms with E-state index in [0.717, 1.165) is 33.1 Å². The van der Waals surface area contributed by atoms with E-state index < -0.39 is 11.8 Å². The number of amides is 2. The Labute approximate surface area is 203 Å². The standard InChI is InChI=1S/C23H25N5O2Se2/c1-27(22(31)16-9-5-3-6-10-16)25-20(29)19(15-24-18-13-14-18)21(30)26-28(2)23(32)17-11-7-4-8-12-17/h3-12,15,18,24H,13-14H2,1-2H3,(H,25,29)(H,26,30). The molecule has 0 radical (unpaired) electrons. The van der Waals surface area contributed by atoms with Crippen molar-refractivity contribution in [1.29, 1.82) is 0 Å². The number of benzene rings is 2. The van der Waals surface area contributed by atoms with Crippen molar-refractivity contribution < 1.29 is 9.59 Å². The first kappa shape index (κ1) is 24.0. The molecule has 0 atom stereocenters. The van der Waals surface area contributed by atoms with Gasteiger partial charge in [-0.2, -0.15) is 0 Å². The van der Waals surface area contributed by atoms with Crippen LogP contribution in [0.3, 0.4) is 0 Å². The third kappa shape index (κ3) is 6.65. The summed E-state index contributed by atoms with van der Waals surface area (Å²) in [4.78, 5) is 26.0. The monoisotopic (exact) mass is 563 g/mol. The predicted molar refractivity (Wildman–Crippen MR) is 129 cm³/mol. The molecule has 0 saturated heterocycles. The SMILES string of the molecule is CN(NC(=O)C(=CNC1CC1)C(=O)NN(C)C(=[Se])c1ccccc1)C(=[Se])c1ccccc1. The first-order chi connectivity index (χ1) is 15.4. The van der Waals surface area contributed by atoms with Crippen LogP contribution in [0.2, 0.25) is 0 Å². The Morgan fingerprint density at radius 2 is 1.22 bits per heavy atom. The summed E-state index contributed by atoms with van der Waals surface area (Å²) in [5, 5.41) is 6.27. The number of rotatable bonds is 10. The summed E-state index contributed by atoms with van der Waals surface area (Å²) >= 11 is 5.94. The number of carbonyl (C=O) groups is 2. The quantitative estimate of drug-likeness (QED) is 0.128. The number of hydrogen-bond acceptors (Lipinski definition) is 5. The Hall–Kier alpha value is -2.70. The van der Waals surface area contributed by atoms with E-state index in [1.165, 1.54) is 6.20 Å². The summed E-state index contributed by atoms with van der Waals surface area (Å²) in [6.45, 7) is 0. The third-order valence-electron chi connectivity index (χ3n) is 4.72. The maximum atomic E-state index is 13.0. The molecule has 2 aromatic carbocycles. The van der Waals surface area contributed by atoms with Crippen LogP contribution in [0.4, 0.5) is 0 Å². The molecular weight excluding hydrogens is 536 g/mol. The van der Waals surface area contributed by atoms with E-state index in [4.69, 9.17) is 0 Å². The van der Waals surface area contributed by atoms with E-state index in [1.807, 2.05) is 60.7 Å². The first-order valence-corrected chi connectivity index (χ1v) is 11.8. The number of hydrogen-bond donors (Lipinski definition) is 3. The van der Waals surface area contributed by atoms with E-state index in [2.05, 4.69) is 47.3 Å². The molecule has 1 saturated carbocycles. The van der Waals surface area contributed by atoms with Crippen LogP contribution in [0.15, 0.2) is 72.4 Å². The average molecular weight is 561 g/mol. The molecule has 166 valence electrons. The summed E-state index contributed by atoms with van der Waals surface area (Å²) in [5.74, 6) is -1.03. The Balaban J connectivity index is 1.68. The molecule has 2 amide bonds. The van der Waals surface area contributed by atoms with Crippen LogP contribution in [0.5, 0.6) is 0 Å². The van der Waals surface area contributed by atoms with Crippen LogP contribution in [0.25, 0.3) is 0 Å². The van der Waals surface area contributed by atoms with Crippen LogP contribution < -0.4 is 16.2 Å². The van der Waals surface area contributed by atoms with E-state index >= 15 is 0 Å². The molecule has 0 aromatic heterocycles. The number of hydrazine groups is 2. The van der Waals surface area contributed by atoms with Crippen molar-refractivity contribution in [2.45, 2.75) is 18.9 Å². The average Bonchev–Trinajstić information content (AvgIpc) is 3.63. The van der Waals surface area contributed by atoms with Gasteiger partial charge in [0.15, 0.2) is 0 Å². The third-order valence-corrected chi connectivity index (χ3v) is 6.86. The molecule has 1 fully saturated rings. The zero-order chi connectivity index (χ0) is 23.1. The Kier molecular flexibility index (Phi) is 8.42. The van der Waals surface area contributed by atoms with Crippen molar-refractivity contribution in [3.8, 4) is 0 Å². The van der Waals surface area contributed by atoms with E-state index in [0.29, 0.717) is 6.04 Å². The molecule has 0 heterocycles. The van der Waals surface area contributed by atoms with Gasteiger partial charge in [0.25, 0.3) is 0 Å². The Morgan fingerprint density at radius 3 is 1.59 bits per heavy atom. The predicted octanol–water partition coefficient (Wildman–Crippen LogP) is 0.242. The second-order valence-electron chi connectivity index (χ2n) is 7.34. The van der Waals surface area contributed by atoms with Gasteiger partial charge in [0.1, 0.15) is 0 Å².